The van der Waals surface area contributed by atoms with E-state index in [-0.39, 0.29) is 30.0 Å². The third-order valence-electron chi connectivity index (χ3n) is 2.46. The number of rotatable bonds is 2. The van der Waals surface area contributed by atoms with Gasteiger partial charge in [0.2, 0.25) is 5.91 Å². The van der Waals surface area contributed by atoms with Crippen LogP contribution in [0.5, 0.6) is 0 Å². The molecule has 88 valence electrons. The van der Waals surface area contributed by atoms with Gasteiger partial charge in [0, 0.05) is 5.54 Å². The van der Waals surface area contributed by atoms with Gasteiger partial charge in [-0.25, -0.2) is 0 Å². The number of alkyl halides is 1. The number of hydrogen-bond donors (Lipinski definition) is 1. The summed E-state index contributed by atoms with van der Waals surface area (Å²) in [5.74, 6) is -0.237. The second kappa shape index (κ2) is 4.68. The molecule has 15 heavy (non-hydrogen) atoms. The maximum Gasteiger partial charge on any atom is 0.238 e. The Hall–Kier alpha value is -0.320. The van der Waals surface area contributed by atoms with Crippen molar-refractivity contribution in [3.63, 3.8) is 0 Å². The Morgan fingerprint density at radius 2 is 2.13 bits per heavy atom. The van der Waals surface area contributed by atoms with Crippen LogP contribution in [-0.2, 0) is 9.53 Å². The number of carbonyl (C=O) groups is 1. The average molecular weight is 236 g/mol. The molecule has 0 bridgehead atoms. The molecular formula is C10H18ClNO3. The predicted octanol–water partition coefficient (Wildman–Crippen LogP) is 0.612. The van der Waals surface area contributed by atoms with E-state index in [1.165, 1.54) is 0 Å². The van der Waals surface area contributed by atoms with Crippen LogP contribution >= 0.6 is 11.6 Å². The summed E-state index contributed by atoms with van der Waals surface area (Å²) >= 11 is 5.57. The Morgan fingerprint density at radius 3 is 2.47 bits per heavy atom. The summed E-state index contributed by atoms with van der Waals surface area (Å²) < 4.78 is 5.15. The first-order chi connectivity index (χ1) is 6.88. The molecule has 4 nitrogen and oxygen atoms in total. The molecule has 0 aliphatic carbocycles. The first-order valence-electron chi connectivity index (χ1n) is 5.02. The number of halogens is 1. The lowest BCUT2D eigenvalue weighted by molar-refractivity contribution is -0.138. The van der Waals surface area contributed by atoms with Crippen molar-refractivity contribution in [3.8, 4) is 0 Å². The highest BCUT2D eigenvalue weighted by molar-refractivity contribution is 6.27. The summed E-state index contributed by atoms with van der Waals surface area (Å²) in [5, 5.41) is 9.71. The van der Waals surface area contributed by atoms with Crippen molar-refractivity contribution in [3.05, 3.63) is 0 Å². The highest BCUT2D eigenvalue weighted by Gasteiger charge is 2.39. The molecule has 1 heterocycles. The van der Waals surface area contributed by atoms with E-state index in [1.807, 2.05) is 20.8 Å². The summed E-state index contributed by atoms with van der Waals surface area (Å²) in [4.78, 5) is 13.3. The molecule has 1 fully saturated rings. The fourth-order valence-corrected chi connectivity index (χ4v) is 2.03. The monoisotopic (exact) mass is 235 g/mol. The number of aliphatic hydroxyl groups excluding tert-OH is 1. The van der Waals surface area contributed by atoms with Gasteiger partial charge < -0.3 is 14.7 Å². The molecule has 0 saturated carbocycles. The van der Waals surface area contributed by atoms with Crippen LogP contribution < -0.4 is 0 Å². The topological polar surface area (TPSA) is 49.8 Å². The minimum absolute atomic E-state index is 0.0690. The van der Waals surface area contributed by atoms with E-state index in [2.05, 4.69) is 0 Å². The van der Waals surface area contributed by atoms with E-state index >= 15 is 0 Å². The first-order valence-corrected chi connectivity index (χ1v) is 5.55. The predicted molar refractivity (Wildman–Crippen MR) is 57.9 cm³/mol. The minimum atomic E-state index is -0.614. The second-order valence-corrected chi connectivity index (χ2v) is 5.01. The van der Waals surface area contributed by atoms with Gasteiger partial charge in [-0.15, -0.1) is 11.6 Å². The van der Waals surface area contributed by atoms with Crippen LogP contribution in [0.2, 0.25) is 0 Å². The lowest BCUT2D eigenvalue weighted by Gasteiger charge is -2.40. The molecule has 0 spiro atoms. The van der Waals surface area contributed by atoms with Crippen molar-refractivity contribution in [1.29, 1.82) is 0 Å². The Balaban J connectivity index is 2.85. The van der Waals surface area contributed by atoms with Crippen LogP contribution in [0.25, 0.3) is 0 Å². The van der Waals surface area contributed by atoms with Crippen molar-refractivity contribution in [2.24, 2.45) is 0 Å². The second-order valence-electron chi connectivity index (χ2n) is 4.74. The van der Waals surface area contributed by atoms with Crippen LogP contribution in [0, 0.1) is 0 Å². The van der Waals surface area contributed by atoms with E-state index in [9.17, 15) is 9.90 Å². The van der Waals surface area contributed by atoms with E-state index in [1.54, 1.807) is 4.90 Å². The highest BCUT2D eigenvalue weighted by atomic mass is 35.5. The van der Waals surface area contributed by atoms with Crippen LogP contribution in [0.3, 0.4) is 0 Å². The quantitative estimate of drug-likeness (QED) is 0.714. The molecule has 1 N–H and O–H groups in total. The van der Waals surface area contributed by atoms with E-state index in [0.29, 0.717) is 6.61 Å². The molecule has 0 aromatic heterocycles. The molecule has 5 heteroatoms. The van der Waals surface area contributed by atoms with Crippen LogP contribution in [-0.4, -0.2) is 52.7 Å². The summed E-state index contributed by atoms with van der Waals surface area (Å²) in [6, 6.07) is -0.281. The molecule has 0 unspecified atom stereocenters. The zero-order valence-corrected chi connectivity index (χ0v) is 10.1. The molecule has 1 aliphatic rings. The highest BCUT2D eigenvalue weighted by Crippen LogP contribution is 2.23. The lowest BCUT2D eigenvalue weighted by Crippen LogP contribution is -2.56. The smallest absolute Gasteiger partial charge is 0.238 e. The minimum Gasteiger partial charge on any atom is -0.388 e. The summed E-state index contributed by atoms with van der Waals surface area (Å²) in [7, 11) is 0. The molecule has 2 atom stereocenters. The number of ether oxygens (including phenoxy) is 1. The molecule has 1 rings (SSSR count). The Morgan fingerprint density at radius 1 is 1.53 bits per heavy atom. The zero-order valence-electron chi connectivity index (χ0n) is 9.36. The van der Waals surface area contributed by atoms with Gasteiger partial charge in [0.25, 0.3) is 0 Å². The largest absolute Gasteiger partial charge is 0.388 e. The Bertz CT molecular complexity index is 239. The van der Waals surface area contributed by atoms with Gasteiger partial charge in [0.15, 0.2) is 0 Å². The van der Waals surface area contributed by atoms with Gasteiger partial charge in [0.05, 0.1) is 25.4 Å². The van der Waals surface area contributed by atoms with Crippen LogP contribution in [0.15, 0.2) is 0 Å². The maximum atomic E-state index is 11.7. The van der Waals surface area contributed by atoms with Crippen LogP contribution in [0.4, 0.5) is 0 Å². The number of aliphatic hydroxyl groups is 1. The molecule has 0 aromatic carbocycles. The van der Waals surface area contributed by atoms with Gasteiger partial charge in [0.1, 0.15) is 5.88 Å². The van der Waals surface area contributed by atoms with Gasteiger partial charge in [-0.1, -0.05) is 0 Å². The fraction of sp³-hybridized carbons (Fsp3) is 0.900. The lowest BCUT2D eigenvalue weighted by atomic mass is 10.0. The standard InChI is InChI=1S/C10H18ClNO3/c1-10(2,3)12(9(14)4-11)7-5-15-6-8(7)13/h7-8,13H,4-6H2,1-3H3/t7-,8-/m1/s1. The van der Waals surface area contributed by atoms with Gasteiger partial charge in [-0.05, 0) is 20.8 Å². The van der Waals surface area contributed by atoms with Crippen molar-refractivity contribution in [2.75, 3.05) is 19.1 Å². The third-order valence-corrected chi connectivity index (χ3v) is 2.69. The molecule has 1 amide bonds. The van der Waals surface area contributed by atoms with Gasteiger partial charge in [-0.2, -0.15) is 0 Å². The maximum absolute atomic E-state index is 11.7. The molecule has 0 radical (unpaired) electrons. The van der Waals surface area contributed by atoms with E-state index < -0.39 is 6.10 Å². The summed E-state index contributed by atoms with van der Waals surface area (Å²) in [6.07, 6.45) is -0.614. The normalized spacial score (nSPS) is 26.7. The Kier molecular flexibility index (Phi) is 3.98. The van der Waals surface area contributed by atoms with Crippen molar-refractivity contribution < 1.29 is 14.6 Å². The molecule has 1 saturated heterocycles. The summed E-state index contributed by atoms with van der Waals surface area (Å²) in [5.41, 5.74) is -0.356. The number of amides is 1. The van der Waals surface area contributed by atoms with Gasteiger partial charge >= 0.3 is 0 Å². The van der Waals surface area contributed by atoms with Crippen molar-refractivity contribution in [2.45, 2.75) is 38.5 Å². The van der Waals surface area contributed by atoms with E-state index in [4.69, 9.17) is 16.3 Å². The zero-order chi connectivity index (χ0) is 11.6. The Labute approximate surface area is 95.2 Å². The first kappa shape index (κ1) is 12.7. The molecule has 0 aromatic rings. The SMILES string of the molecule is CC(C)(C)N(C(=O)CCl)[C@@H]1COC[C@H]1O. The van der Waals surface area contributed by atoms with Crippen molar-refractivity contribution in [1.82, 2.24) is 4.90 Å². The van der Waals surface area contributed by atoms with Crippen molar-refractivity contribution >= 4 is 17.5 Å². The number of carbonyl (C=O) groups excluding carboxylic acids is 1. The third kappa shape index (κ3) is 2.83. The number of nitrogens with zero attached hydrogens (tertiary/aromatic N) is 1. The number of hydrogen-bond acceptors (Lipinski definition) is 3. The molecular weight excluding hydrogens is 218 g/mol. The average Bonchev–Trinajstić information content (AvgIpc) is 2.50. The van der Waals surface area contributed by atoms with Crippen LogP contribution in [0.1, 0.15) is 20.8 Å². The summed E-state index contributed by atoms with van der Waals surface area (Å²) in [6.45, 7) is 6.42. The molecule has 1 aliphatic heterocycles. The van der Waals surface area contributed by atoms with Gasteiger partial charge in [-0.3, -0.25) is 4.79 Å². The van der Waals surface area contributed by atoms with E-state index in [0.717, 1.165) is 0 Å². The fourth-order valence-electron chi connectivity index (χ4n) is 1.90.